The standard InChI is InChI=1S/C27H31BrFN9O2/c1-27(2,3)40-26(39)37-9-7-17(11-16(37)6-8-30)38-24-19-10-15(12-31)20(28)21(29)22(19)32-25(23(24)33-34-38)36-13-18(14-36)35(4)5/h10,16-18H,6-7,9,11,13-14H2,1-5H3/t16-,17+/m1/s1. The number of piperidine rings is 1. The molecule has 0 spiro atoms. The number of hydrogen-bond donors (Lipinski definition) is 0. The normalized spacial score (nSPS) is 20.1. The van der Waals surface area contributed by atoms with Crippen molar-refractivity contribution >= 4 is 49.8 Å². The molecule has 0 saturated carbocycles. The third kappa shape index (κ3) is 4.93. The highest BCUT2D eigenvalue weighted by atomic mass is 79.9. The molecule has 1 amide bonds. The van der Waals surface area contributed by atoms with Gasteiger partial charge in [0.05, 0.1) is 34.6 Å². The number of likely N-dealkylation sites (tertiary alicyclic amines) is 1. The third-order valence-corrected chi connectivity index (χ3v) is 8.34. The summed E-state index contributed by atoms with van der Waals surface area (Å²) in [5.41, 5.74) is 0.732. The number of aromatic nitrogens is 4. The van der Waals surface area contributed by atoms with Crippen molar-refractivity contribution in [2.45, 2.75) is 63.8 Å². The molecule has 1 aromatic carbocycles. The van der Waals surface area contributed by atoms with Crippen LogP contribution in [0.3, 0.4) is 0 Å². The lowest BCUT2D eigenvalue weighted by molar-refractivity contribution is 0.00557. The molecule has 0 unspecified atom stereocenters. The number of nitriles is 2. The zero-order valence-electron chi connectivity index (χ0n) is 23.1. The molecular formula is C27H31BrFN9O2. The Labute approximate surface area is 240 Å². The molecule has 2 saturated heterocycles. The Morgan fingerprint density at radius 2 is 2.00 bits per heavy atom. The van der Waals surface area contributed by atoms with Crippen LogP contribution in [0.5, 0.6) is 0 Å². The maximum absolute atomic E-state index is 15.6. The number of anilines is 1. The van der Waals surface area contributed by atoms with Crippen molar-refractivity contribution in [2.24, 2.45) is 0 Å². The smallest absolute Gasteiger partial charge is 0.410 e. The van der Waals surface area contributed by atoms with E-state index < -0.39 is 17.5 Å². The first-order valence-corrected chi connectivity index (χ1v) is 14.0. The molecule has 3 aromatic rings. The average molecular weight is 613 g/mol. The molecule has 11 nitrogen and oxygen atoms in total. The van der Waals surface area contributed by atoms with E-state index in [1.807, 2.05) is 20.2 Å². The van der Waals surface area contributed by atoms with E-state index in [0.717, 1.165) is 0 Å². The number of likely N-dealkylation sites (N-methyl/N-ethyl adjacent to an activating group) is 1. The largest absolute Gasteiger partial charge is 0.444 e. The SMILES string of the molecule is CN(C)C1CN(c2nc3c(F)c(Br)c(C#N)cc3c3c2nnn3[C@H]2CCN(C(=O)OC(C)(C)C)[C@H](CC#N)C2)C1. The fourth-order valence-corrected chi connectivity index (χ4v) is 5.78. The van der Waals surface area contributed by atoms with Crippen molar-refractivity contribution in [1.29, 1.82) is 10.5 Å². The van der Waals surface area contributed by atoms with E-state index >= 15 is 4.39 Å². The predicted octanol–water partition coefficient (Wildman–Crippen LogP) is 4.36. The Balaban J connectivity index is 1.60. The van der Waals surface area contributed by atoms with Gasteiger partial charge in [-0.15, -0.1) is 5.10 Å². The highest BCUT2D eigenvalue weighted by molar-refractivity contribution is 9.10. The minimum Gasteiger partial charge on any atom is -0.444 e. The lowest BCUT2D eigenvalue weighted by Crippen LogP contribution is -2.57. The molecule has 2 aliphatic rings. The van der Waals surface area contributed by atoms with Gasteiger partial charge in [-0.2, -0.15) is 10.5 Å². The van der Waals surface area contributed by atoms with Gasteiger partial charge in [0.25, 0.3) is 0 Å². The maximum Gasteiger partial charge on any atom is 0.410 e. The number of pyridine rings is 1. The van der Waals surface area contributed by atoms with E-state index in [4.69, 9.17) is 9.72 Å². The second-order valence-corrected chi connectivity index (χ2v) is 12.4. The summed E-state index contributed by atoms with van der Waals surface area (Å²) in [5.74, 6) is -0.0705. The minimum absolute atomic E-state index is 0.0638. The van der Waals surface area contributed by atoms with E-state index in [1.165, 1.54) is 0 Å². The summed E-state index contributed by atoms with van der Waals surface area (Å²) < 4.78 is 23.0. The number of amides is 1. The quantitative estimate of drug-likeness (QED) is 0.422. The molecule has 4 heterocycles. The highest BCUT2D eigenvalue weighted by Gasteiger charge is 2.37. The van der Waals surface area contributed by atoms with Gasteiger partial charge < -0.3 is 19.4 Å². The Kier molecular flexibility index (Phi) is 7.31. The van der Waals surface area contributed by atoms with Gasteiger partial charge in [0.2, 0.25) is 0 Å². The second kappa shape index (κ2) is 10.5. The van der Waals surface area contributed by atoms with E-state index in [1.54, 1.807) is 36.4 Å². The second-order valence-electron chi connectivity index (χ2n) is 11.6. The van der Waals surface area contributed by atoms with Crippen molar-refractivity contribution in [3.05, 3.63) is 21.9 Å². The Hall–Kier alpha value is -3.55. The number of halogens is 2. The van der Waals surface area contributed by atoms with Gasteiger partial charge in [-0.05, 0) is 69.7 Å². The number of carbonyl (C=O) groups is 1. The van der Waals surface area contributed by atoms with Crippen LogP contribution in [0.4, 0.5) is 15.0 Å². The van der Waals surface area contributed by atoms with E-state index in [2.05, 4.69) is 42.1 Å². The molecule has 210 valence electrons. The van der Waals surface area contributed by atoms with Gasteiger partial charge in [0.1, 0.15) is 22.7 Å². The first kappa shape index (κ1) is 28.0. The Morgan fingerprint density at radius 1 is 1.27 bits per heavy atom. The summed E-state index contributed by atoms with van der Waals surface area (Å²) in [5, 5.41) is 28.7. The summed E-state index contributed by atoms with van der Waals surface area (Å²) in [6.07, 6.45) is 0.664. The van der Waals surface area contributed by atoms with Crippen molar-refractivity contribution < 1.29 is 13.9 Å². The number of benzene rings is 1. The molecule has 0 bridgehead atoms. The van der Waals surface area contributed by atoms with Crippen molar-refractivity contribution in [3.8, 4) is 12.1 Å². The van der Waals surface area contributed by atoms with E-state index in [-0.39, 0.29) is 34.1 Å². The number of hydrogen-bond acceptors (Lipinski definition) is 9. The molecule has 2 aliphatic heterocycles. The Morgan fingerprint density at radius 3 is 2.62 bits per heavy atom. The lowest BCUT2D eigenvalue weighted by Gasteiger charge is -2.43. The van der Waals surface area contributed by atoms with Crippen LogP contribution in [0.25, 0.3) is 21.9 Å². The molecule has 0 radical (unpaired) electrons. The fourth-order valence-electron chi connectivity index (χ4n) is 5.38. The topological polar surface area (TPSA) is 127 Å². The fraction of sp³-hybridized carbons (Fsp3) is 0.556. The molecule has 2 aromatic heterocycles. The van der Waals surface area contributed by atoms with Gasteiger partial charge >= 0.3 is 6.09 Å². The van der Waals surface area contributed by atoms with Crippen LogP contribution in [0, 0.1) is 28.5 Å². The van der Waals surface area contributed by atoms with Gasteiger partial charge in [-0.1, -0.05) is 5.21 Å². The van der Waals surface area contributed by atoms with E-state index in [9.17, 15) is 15.3 Å². The van der Waals surface area contributed by atoms with Crippen LogP contribution in [0.15, 0.2) is 10.5 Å². The molecular weight excluding hydrogens is 581 g/mol. The molecule has 2 atom stereocenters. The number of nitrogens with zero attached hydrogens (tertiary/aromatic N) is 9. The maximum atomic E-state index is 15.6. The average Bonchev–Trinajstić information content (AvgIpc) is 3.30. The number of fused-ring (bicyclic) bond motifs is 3. The number of carbonyl (C=O) groups excluding carboxylic acids is 1. The lowest BCUT2D eigenvalue weighted by atomic mass is 9.95. The van der Waals surface area contributed by atoms with Gasteiger partial charge in [0.15, 0.2) is 17.2 Å². The zero-order valence-corrected chi connectivity index (χ0v) is 24.7. The van der Waals surface area contributed by atoms with Crippen LogP contribution < -0.4 is 4.90 Å². The minimum atomic E-state index is -0.658. The van der Waals surface area contributed by atoms with Crippen LogP contribution in [0.1, 0.15) is 51.6 Å². The van der Waals surface area contributed by atoms with E-state index in [0.29, 0.717) is 60.8 Å². The molecule has 40 heavy (non-hydrogen) atoms. The number of ether oxygens (including phenoxy) is 1. The molecule has 13 heteroatoms. The van der Waals surface area contributed by atoms with Crippen molar-refractivity contribution in [2.75, 3.05) is 38.6 Å². The van der Waals surface area contributed by atoms with Crippen LogP contribution in [0.2, 0.25) is 0 Å². The monoisotopic (exact) mass is 611 g/mol. The van der Waals surface area contributed by atoms with Gasteiger partial charge in [0, 0.05) is 31.1 Å². The third-order valence-electron chi connectivity index (χ3n) is 7.56. The van der Waals surface area contributed by atoms with Crippen LogP contribution >= 0.6 is 15.9 Å². The summed E-state index contributed by atoms with van der Waals surface area (Å²) in [6.45, 7) is 7.21. The highest BCUT2D eigenvalue weighted by Crippen LogP contribution is 2.39. The van der Waals surface area contributed by atoms with Crippen molar-refractivity contribution in [3.63, 3.8) is 0 Å². The van der Waals surface area contributed by atoms with Crippen LogP contribution in [-0.4, -0.2) is 87.3 Å². The zero-order chi connectivity index (χ0) is 28.9. The number of rotatable bonds is 4. The summed E-state index contributed by atoms with van der Waals surface area (Å²) in [6, 6.07) is 5.59. The molecule has 0 aliphatic carbocycles. The molecule has 5 rings (SSSR count). The Bertz CT molecular complexity index is 1560. The van der Waals surface area contributed by atoms with Gasteiger partial charge in [-0.3, -0.25) is 0 Å². The molecule has 2 fully saturated rings. The summed E-state index contributed by atoms with van der Waals surface area (Å²) in [7, 11) is 4.03. The molecule has 0 N–H and O–H groups in total. The summed E-state index contributed by atoms with van der Waals surface area (Å²) >= 11 is 3.22. The summed E-state index contributed by atoms with van der Waals surface area (Å²) in [4.78, 5) is 23.4. The van der Waals surface area contributed by atoms with Crippen LogP contribution in [-0.2, 0) is 4.74 Å². The van der Waals surface area contributed by atoms with Crippen molar-refractivity contribution in [1.82, 2.24) is 29.8 Å². The first-order chi connectivity index (χ1) is 18.9. The predicted molar refractivity (Wildman–Crippen MR) is 150 cm³/mol. The van der Waals surface area contributed by atoms with Gasteiger partial charge in [-0.25, -0.2) is 18.9 Å². The first-order valence-electron chi connectivity index (χ1n) is 13.2.